The Kier molecular flexibility index (Phi) is 7.46. The lowest BCUT2D eigenvalue weighted by Crippen LogP contribution is -2.43. The zero-order valence-electron chi connectivity index (χ0n) is 17.9. The number of rotatable bonds is 7. The van der Waals surface area contributed by atoms with Crippen LogP contribution in [0.2, 0.25) is 0 Å². The molecule has 0 aliphatic carbocycles. The molecule has 1 unspecified atom stereocenters. The lowest BCUT2D eigenvalue weighted by Gasteiger charge is -2.36. The fraction of sp³-hybridized carbons (Fsp3) is 0.417. The van der Waals surface area contributed by atoms with Crippen LogP contribution in [-0.4, -0.2) is 43.6 Å². The van der Waals surface area contributed by atoms with E-state index in [1.54, 1.807) is 7.11 Å². The van der Waals surface area contributed by atoms with Crippen LogP contribution in [0.3, 0.4) is 0 Å². The molecule has 0 bridgehead atoms. The highest BCUT2D eigenvalue weighted by atomic mass is 16.5. The highest BCUT2D eigenvalue weighted by Crippen LogP contribution is 2.31. The average Bonchev–Trinajstić information content (AvgIpc) is 2.75. The van der Waals surface area contributed by atoms with Gasteiger partial charge in [0.15, 0.2) is 0 Å². The van der Waals surface area contributed by atoms with Crippen LogP contribution >= 0.6 is 0 Å². The number of anilines is 1. The van der Waals surface area contributed by atoms with Gasteiger partial charge in [-0.05, 0) is 49.9 Å². The summed E-state index contributed by atoms with van der Waals surface area (Å²) in [6, 6.07) is 15.0. The van der Waals surface area contributed by atoms with Crippen LogP contribution in [0, 0.1) is 12.8 Å². The Morgan fingerprint density at radius 2 is 1.83 bits per heavy atom. The number of aryl methyl sites for hydroxylation is 1. The molecule has 6 heteroatoms. The lowest BCUT2D eigenvalue weighted by molar-refractivity contribution is -0.149. The number of hydrogen-bond donors (Lipinski definition) is 1. The van der Waals surface area contributed by atoms with Gasteiger partial charge in [0.05, 0.1) is 25.3 Å². The zero-order valence-corrected chi connectivity index (χ0v) is 17.9. The molecule has 1 fully saturated rings. The largest absolute Gasteiger partial charge is 0.495 e. The van der Waals surface area contributed by atoms with Crippen molar-refractivity contribution in [1.29, 1.82) is 0 Å². The number of nitrogens with zero attached hydrogens (tertiary/aromatic N) is 1. The third-order valence-electron chi connectivity index (χ3n) is 5.49. The van der Waals surface area contributed by atoms with Crippen molar-refractivity contribution >= 4 is 17.6 Å². The van der Waals surface area contributed by atoms with E-state index in [0.717, 1.165) is 11.1 Å². The van der Waals surface area contributed by atoms with Crippen LogP contribution in [0.5, 0.6) is 5.75 Å². The topological polar surface area (TPSA) is 67.9 Å². The first-order valence-corrected chi connectivity index (χ1v) is 10.4. The summed E-state index contributed by atoms with van der Waals surface area (Å²) in [6.07, 6.45) is 1.37. The van der Waals surface area contributed by atoms with Gasteiger partial charge in [-0.15, -0.1) is 0 Å². The van der Waals surface area contributed by atoms with Gasteiger partial charge >= 0.3 is 5.97 Å². The molecule has 1 aliphatic rings. The monoisotopic (exact) mass is 410 g/mol. The van der Waals surface area contributed by atoms with Crippen molar-refractivity contribution in [2.45, 2.75) is 32.7 Å². The second kappa shape index (κ2) is 10.3. The number of amides is 1. The molecule has 0 spiro atoms. The molecule has 1 saturated heterocycles. The van der Waals surface area contributed by atoms with E-state index in [-0.39, 0.29) is 17.8 Å². The third-order valence-corrected chi connectivity index (χ3v) is 5.49. The maximum absolute atomic E-state index is 13.4. The van der Waals surface area contributed by atoms with E-state index in [4.69, 9.17) is 9.47 Å². The molecule has 2 aromatic carbocycles. The molecule has 1 atom stereocenters. The van der Waals surface area contributed by atoms with E-state index in [9.17, 15) is 9.59 Å². The molecule has 30 heavy (non-hydrogen) atoms. The van der Waals surface area contributed by atoms with Gasteiger partial charge in [-0.2, -0.15) is 0 Å². The number of hydrogen-bond acceptors (Lipinski definition) is 5. The molecule has 0 radical (unpaired) electrons. The van der Waals surface area contributed by atoms with E-state index < -0.39 is 6.04 Å². The summed E-state index contributed by atoms with van der Waals surface area (Å²) in [5.74, 6) is 0.279. The third kappa shape index (κ3) is 5.19. The summed E-state index contributed by atoms with van der Waals surface area (Å²) in [5, 5.41) is 3.06. The molecule has 1 aliphatic heterocycles. The molecule has 3 rings (SSSR count). The van der Waals surface area contributed by atoms with Crippen LogP contribution in [0.15, 0.2) is 48.5 Å². The smallest absolute Gasteiger partial charge is 0.309 e. The number of likely N-dealkylation sites (tertiary alicyclic amines) is 1. The summed E-state index contributed by atoms with van der Waals surface area (Å²) in [6.45, 7) is 5.50. The van der Waals surface area contributed by atoms with Crippen LogP contribution in [0.1, 0.15) is 36.9 Å². The molecule has 1 heterocycles. The van der Waals surface area contributed by atoms with Crippen molar-refractivity contribution < 1.29 is 19.1 Å². The van der Waals surface area contributed by atoms with E-state index in [1.165, 1.54) is 0 Å². The van der Waals surface area contributed by atoms with Crippen LogP contribution < -0.4 is 10.1 Å². The zero-order chi connectivity index (χ0) is 21.5. The summed E-state index contributed by atoms with van der Waals surface area (Å²) >= 11 is 0. The quantitative estimate of drug-likeness (QED) is 0.700. The first-order valence-electron chi connectivity index (χ1n) is 10.4. The molecule has 1 N–H and O–H groups in total. The Morgan fingerprint density at radius 1 is 1.13 bits per heavy atom. The Balaban J connectivity index is 1.80. The van der Waals surface area contributed by atoms with Crippen LogP contribution in [0.25, 0.3) is 0 Å². The van der Waals surface area contributed by atoms with Gasteiger partial charge in [0.2, 0.25) is 5.91 Å². The molecule has 0 saturated carbocycles. The number of carbonyl (C=O) groups is 2. The maximum Gasteiger partial charge on any atom is 0.309 e. The fourth-order valence-corrected chi connectivity index (χ4v) is 3.94. The number of ether oxygens (including phenoxy) is 2. The highest BCUT2D eigenvalue weighted by molar-refractivity contribution is 5.97. The average molecular weight is 411 g/mol. The van der Waals surface area contributed by atoms with Crippen LogP contribution in [0.4, 0.5) is 5.69 Å². The second-order valence-corrected chi connectivity index (χ2v) is 7.57. The Morgan fingerprint density at radius 3 is 2.47 bits per heavy atom. The van der Waals surface area contributed by atoms with E-state index in [0.29, 0.717) is 44.0 Å². The number of nitrogens with one attached hydrogen (secondary N) is 1. The minimum absolute atomic E-state index is 0.0995. The minimum Gasteiger partial charge on any atom is -0.495 e. The predicted octanol–water partition coefficient (Wildman–Crippen LogP) is 3.96. The molecular formula is C24H30N2O4. The molecule has 1 amide bonds. The molecule has 2 aromatic rings. The first kappa shape index (κ1) is 21.8. The summed E-state index contributed by atoms with van der Waals surface area (Å²) < 4.78 is 10.6. The SMILES string of the molecule is CCOC(=O)C1CCN(C(C(=O)Nc2cc(C)ccc2OC)c2ccccc2)CC1. The summed E-state index contributed by atoms with van der Waals surface area (Å²) in [5.41, 5.74) is 2.62. The van der Waals surface area contributed by atoms with Crippen molar-refractivity contribution in [3.8, 4) is 5.75 Å². The van der Waals surface area contributed by atoms with Gasteiger partial charge in [-0.1, -0.05) is 36.4 Å². The number of benzene rings is 2. The number of carbonyl (C=O) groups excluding carboxylic acids is 2. The number of piperidine rings is 1. The maximum atomic E-state index is 13.4. The van der Waals surface area contributed by atoms with E-state index in [2.05, 4.69) is 10.2 Å². The van der Waals surface area contributed by atoms with Gasteiger partial charge in [0, 0.05) is 13.1 Å². The van der Waals surface area contributed by atoms with Gasteiger partial charge in [-0.3, -0.25) is 14.5 Å². The minimum atomic E-state index is -0.445. The fourth-order valence-electron chi connectivity index (χ4n) is 3.94. The summed E-state index contributed by atoms with van der Waals surface area (Å²) in [7, 11) is 1.59. The van der Waals surface area contributed by atoms with Gasteiger partial charge in [0.1, 0.15) is 11.8 Å². The van der Waals surface area contributed by atoms with Gasteiger partial charge < -0.3 is 14.8 Å². The molecule has 160 valence electrons. The van der Waals surface area contributed by atoms with Crippen molar-refractivity contribution in [1.82, 2.24) is 4.90 Å². The highest BCUT2D eigenvalue weighted by Gasteiger charge is 2.34. The summed E-state index contributed by atoms with van der Waals surface area (Å²) in [4.78, 5) is 27.6. The van der Waals surface area contributed by atoms with Crippen molar-refractivity contribution in [2.75, 3.05) is 32.1 Å². The molecular weight excluding hydrogens is 380 g/mol. The normalized spacial score (nSPS) is 16.0. The Labute approximate surface area is 178 Å². The Bertz CT molecular complexity index is 861. The molecule has 0 aromatic heterocycles. The Hall–Kier alpha value is -2.86. The number of methoxy groups -OCH3 is 1. The first-order chi connectivity index (χ1) is 14.5. The van der Waals surface area contributed by atoms with Crippen molar-refractivity contribution in [2.24, 2.45) is 5.92 Å². The number of esters is 1. The lowest BCUT2D eigenvalue weighted by atomic mass is 9.94. The van der Waals surface area contributed by atoms with Crippen molar-refractivity contribution in [3.05, 3.63) is 59.7 Å². The molecule has 6 nitrogen and oxygen atoms in total. The van der Waals surface area contributed by atoms with E-state index in [1.807, 2.05) is 62.4 Å². The second-order valence-electron chi connectivity index (χ2n) is 7.57. The predicted molar refractivity (Wildman–Crippen MR) is 116 cm³/mol. The van der Waals surface area contributed by atoms with Gasteiger partial charge in [-0.25, -0.2) is 0 Å². The van der Waals surface area contributed by atoms with E-state index >= 15 is 0 Å². The van der Waals surface area contributed by atoms with Crippen LogP contribution in [-0.2, 0) is 14.3 Å². The standard InChI is InChI=1S/C24H30N2O4/c1-4-30-24(28)19-12-14-26(15-13-19)22(18-8-6-5-7-9-18)23(27)25-20-16-17(2)10-11-21(20)29-3/h5-11,16,19,22H,4,12-15H2,1-3H3,(H,25,27). The van der Waals surface area contributed by atoms with Crippen molar-refractivity contribution in [3.63, 3.8) is 0 Å². The van der Waals surface area contributed by atoms with Gasteiger partial charge in [0.25, 0.3) is 0 Å².